The first-order valence-corrected chi connectivity index (χ1v) is 23.5. The number of hydrogen-bond donors (Lipinski definition) is 3. The van der Waals surface area contributed by atoms with Gasteiger partial charge in [0, 0.05) is 51.2 Å². The summed E-state index contributed by atoms with van der Waals surface area (Å²) in [5.74, 6) is -0.793. The number of nitrogens with zero attached hydrogens (tertiary/aromatic N) is 14. The molecule has 0 aliphatic rings. The number of carboxylic acid groups (broad SMARTS) is 1. The van der Waals surface area contributed by atoms with Crippen LogP contribution in [0.5, 0.6) is 0 Å². The number of aromatic nitrogens is 14. The second-order valence-electron chi connectivity index (χ2n) is 18.7. The van der Waals surface area contributed by atoms with Gasteiger partial charge in [-0.25, -0.2) is 9.97 Å². The second kappa shape index (κ2) is 23.5. The first-order valence-electron chi connectivity index (χ1n) is 23.5. The average molecular weight is 999 g/mol. The van der Waals surface area contributed by atoms with Gasteiger partial charge in [0.2, 0.25) is 11.9 Å². The monoisotopic (exact) mass is 998 g/mol. The molecule has 3 N–H and O–H groups in total. The lowest BCUT2D eigenvalue weighted by molar-refractivity contribution is -0.155. The predicted molar refractivity (Wildman–Crippen MR) is 266 cm³/mol. The van der Waals surface area contributed by atoms with Gasteiger partial charge in [0.1, 0.15) is 11.2 Å². The normalized spacial score (nSPS) is 11.5. The van der Waals surface area contributed by atoms with Crippen LogP contribution in [-0.4, -0.2) is 117 Å². The number of fused-ring (bicyclic) bond motifs is 2. The van der Waals surface area contributed by atoms with Gasteiger partial charge in [0.25, 0.3) is 0 Å². The summed E-state index contributed by atoms with van der Waals surface area (Å²) in [5.41, 5.74) is 6.16. The Labute approximate surface area is 419 Å². The summed E-state index contributed by atoms with van der Waals surface area (Å²) in [7, 11) is 1.38. The van der Waals surface area contributed by atoms with E-state index in [1.54, 1.807) is 49.7 Å². The molecule has 0 aliphatic carbocycles. The van der Waals surface area contributed by atoms with Crippen molar-refractivity contribution >= 4 is 69.5 Å². The zero-order valence-electron chi connectivity index (χ0n) is 41.7. The summed E-state index contributed by atoms with van der Waals surface area (Å²) in [5, 5.41) is 40.3. The molecular weight excluding hydrogens is 941 g/mol. The highest BCUT2D eigenvalue weighted by atomic mass is 16.6. The lowest BCUT2D eigenvalue weighted by Gasteiger charge is -2.19. The third-order valence-electron chi connectivity index (χ3n) is 10.4. The highest BCUT2D eigenvalue weighted by Crippen LogP contribution is 2.22. The molecule has 0 spiro atoms. The number of ether oxygens (including phenoxy) is 3. The summed E-state index contributed by atoms with van der Waals surface area (Å²) in [6.07, 6.45) is 13.4. The highest BCUT2D eigenvalue weighted by molar-refractivity contribution is 5.74. The van der Waals surface area contributed by atoms with Crippen molar-refractivity contribution in [2.75, 3.05) is 17.7 Å². The molecule has 382 valence electrons. The Hall–Kier alpha value is -8.70. The lowest BCUT2D eigenvalue weighted by atomic mass is 10.1. The molecule has 24 nitrogen and oxygen atoms in total. The van der Waals surface area contributed by atoms with Crippen molar-refractivity contribution in [1.29, 1.82) is 0 Å². The Kier molecular flexibility index (Phi) is 16.8. The molecule has 2 aromatic carbocycles. The number of methoxy groups -OCH3 is 1. The van der Waals surface area contributed by atoms with E-state index in [9.17, 15) is 19.2 Å². The molecule has 73 heavy (non-hydrogen) atoms. The van der Waals surface area contributed by atoms with E-state index >= 15 is 0 Å². The fraction of sp³-hybridized carbons (Fsp3) is 0.388. The molecule has 24 heteroatoms. The van der Waals surface area contributed by atoms with E-state index in [-0.39, 0.29) is 24.3 Å². The van der Waals surface area contributed by atoms with Crippen molar-refractivity contribution in [2.45, 2.75) is 117 Å². The largest absolute Gasteiger partial charge is 0.481 e. The SMILES string of the molecule is CC(C)(C)OC(=O)CCc1ccc(-n2nnc3cnc(Nc4cnn(CCCC(=O)O)c4)nc32)cc1.COC(=O)CCCn1cc(Nc2ncc3nnn(-c4ccc(CCC(=O)OC(C)(C)C)cc4)c3n2)cn1. The molecule has 0 amide bonds. The summed E-state index contributed by atoms with van der Waals surface area (Å²) in [6.45, 7) is 12.2. The number of carboxylic acids is 1. The van der Waals surface area contributed by atoms with E-state index in [4.69, 9.17) is 14.6 Å². The first-order chi connectivity index (χ1) is 34.9. The summed E-state index contributed by atoms with van der Waals surface area (Å²) < 4.78 is 22.0. The van der Waals surface area contributed by atoms with Crippen LogP contribution in [0.25, 0.3) is 33.7 Å². The number of esters is 3. The van der Waals surface area contributed by atoms with Crippen molar-refractivity contribution in [3.8, 4) is 11.4 Å². The van der Waals surface area contributed by atoms with Gasteiger partial charge in [-0.15, -0.1) is 10.2 Å². The Morgan fingerprint density at radius 3 is 1.40 bits per heavy atom. The maximum absolute atomic E-state index is 12.0. The molecule has 6 aromatic heterocycles. The minimum Gasteiger partial charge on any atom is -0.481 e. The van der Waals surface area contributed by atoms with Crippen molar-refractivity contribution in [2.24, 2.45) is 0 Å². The number of benzene rings is 2. The van der Waals surface area contributed by atoms with Gasteiger partial charge in [0.15, 0.2) is 22.3 Å². The zero-order chi connectivity index (χ0) is 52.1. The van der Waals surface area contributed by atoms with Gasteiger partial charge in [-0.3, -0.25) is 28.5 Å². The molecule has 0 saturated carbocycles. The van der Waals surface area contributed by atoms with E-state index < -0.39 is 17.2 Å². The van der Waals surface area contributed by atoms with Crippen LogP contribution >= 0.6 is 0 Å². The molecule has 0 atom stereocenters. The molecular formula is C49H58N16O8. The van der Waals surface area contributed by atoms with Crippen molar-refractivity contribution in [3.63, 3.8) is 0 Å². The van der Waals surface area contributed by atoms with Crippen LogP contribution in [-0.2, 0) is 59.3 Å². The number of carbonyl (C=O) groups is 4. The van der Waals surface area contributed by atoms with Gasteiger partial charge in [-0.2, -0.15) is 29.5 Å². The molecule has 0 saturated heterocycles. The number of aliphatic carboxylic acids is 1. The van der Waals surface area contributed by atoms with Crippen LogP contribution in [0.15, 0.2) is 85.7 Å². The number of carbonyl (C=O) groups excluding carboxylic acids is 3. The summed E-state index contributed by atoms with van der Waals surface area (Å²) >= 11 is 0. The van der Waals surface area contributed by atoms with Crippen LogP contribution in [0.2, 0.25) is 0 Å². The van der Waals surface area contributed by atoms with Gasteiger partial charge < -0.3 is 30.0 Å². The van der Waals surface area contributed by atoms with E-state index in [0.717, 1.165) is 22.5 Å². The number of aryl methyl sites for hydroxylation is 4. The molecule has 8 rings (SSSR count). The standard InChI is InChI=1S/C25H30N8O4.C24H28N8O4/c1-25(2,3)37-22(35)12-9-17-7-10-19(11-8-17)33-23-20(30-31-33)15-26-24(29-23)28-18-14-27-32(16-18)13-5-6-21(34)36-4;1-24(2,3)36-21(35)11-8-16-6-9-18(10-7-16)32-22-19(29-30-32)14-25-23(28-22)27-17-13-26-31(15-17)12-4-5-20(33)34/h7-8,10-11,14-16H,5-6,9,12-13H2,1-4H3,(H,26,28,29);6-7,9-10,13-15H,4-5,8,11-12H2,1-3H3,(H,33,34)(H,25,27,28). The molecule has 8 aromatic rings. The lowest BCUT2D eigenvalue weighted by Crippen LogP contribution is -2.24. The third-order valence-corrected chi connectivity index (χ3v) is 10.4. The molecule has 0 fully saturated rings. The number of rotatable bonds is 20. The average Bonchev–Trinajstić information content (AvgIpc) is 4.17. The molecule has 0 unspecified atom stereocenters. The van der Waals surface area contributed by atoms with Crippen molar-refractivity contribution in [3.05, 3.63) is 96.8 Å². The Bertz CT molecular complexity index is 3150. The topological polar surface area (TPSA) is 289 Å². The smallest absolute Gasteiger partial charge is 0.306 e. The molecule has 0 bridgehead atoms. The highest BCUT2D eigenvalue weighted by Gasteiger charge is 2.18. The number of nitrogens with one attached hydrogen (secondary N) is 2. The number of anilines is 4. The van der Waals surface area contributed by atoms with Crippen LogP contribution < -0.4 is 10.6 Å². The maximum Gasteiger partial charge on any atom is 0.306 e. The van der Waals surface area contributed by atoms with Gasteiger partial charge >= 0.3 is 23.9 Å². The fourth-order valence-corrected chi connectivity index (χ4v) is 7.05. The van der Waals surface area contributed by atoms with Crippen molar-refractivity contribution < 1.29 is 38.5 Å². The van der Waals surface area contributed by atoms with Gasteiger partial charge in [-0.05, 0) is 103 Å². The Morgan fingerprint density at radius 2 is 1.00 bits per heavy atom. The van der Waals surface area contributed by atoms with Crippen LogP contribution in [0.4, 0.5) is 23.3 Å². The molecule has 0 radical (unpaired) electrons. The van der Waals surface area contributed by atoms with E-state index in [1.165, 1.54) is 7.11 Å². The molecule has 0 aliphatic heterocycles. The minimum atomic E-state index is -0.831. The second-order valence-corrected chi connectivity index (χ2v) is 18.7. The maximum atomic E-state index is 12.0. The third kappa shape index (κ3) is 15.6. The van der Waals surface area contributed by atoms with E-state index in [2.05, 4.69) is 66.1 Å². The van der Waals surface area contributed by atoms with Crippen LogP contribution in [0.3, 0.4) is 0 Å². The predicted octanol–water partition coefficient (Wildman–Crippen LogP) is 6.67. The minimum absolute atomic E-state index is 0.0874. The molecule has 6 heterocycles. The van der Waals surface area contributed by atoms with Crippen LogP contribution in [0.1, 0.15) is 91.2 Å². The van der Waals surface area contributed by atoms with Gasteiger partial charge in [0.05, 0.1) is 54.6 Å². The quantitative estimate of drug-likeness (QED) is 0.0531. The van der Waals surface area contributed by atoms with Crippen molar-refractivity contribution in [1.82, 2.24) is 69.5 Å². The summed E-state index contributed by atoms with van der Waals surface area (Å²) in [6, 6.07) is 15.4. The zero-order valence-corrected chi connectivity index (χ0v) is 41.7. The van der Waals surface area contributed by atoms with E-state index in [1.807, 2.05) is 96.3 Å². The Balaban J connectivity index is 0.000000214. The first kappa shape index (κ1) is 52.1. The summed E-state index contributed by atoms with van der Waals surface area (Å²) in [4.78, 5) is 63.7. The number of hydrogen-bond acceptors (Lipinski definition) is 19. The van der Waals surface area contributed by atoms with Crippen LogP contribution in [0, 0.1) is 0 Å². The fourth-order valence-electron chi connectivity index (χ4n) is 7.05. The van der Waals surface area contributed by atoms with E-state index in [0.29, 0.717) is 104 Å². The Morgan fingerprint density at radius 1 is 0.575 bits per heavy atom. The van der Waals surface area contributed by atoms with Gasteiger partial charge in [-0.1, -0.05) is 34.7 Å².